The summed E-state index contributed by atoms with van der Waals surface area (Å²) in [5.41, 5.74) is 0. The summed E-state index contributed by atoms with van der Waals surface area (Å²) in [6, 6.07) is 0.160. The molecule has 0 fully saturated rings. The molecule has 0 radical (unpaired) electrons. The Balaban J connectivity index is 4.73. The van der Waals surface area contributed by atoms with Crippen LogP contribution in [-0.2, 0) is 9.59 Å². The van der Waals surface area contributed by atoms with E-state index in [0.717, 1.165) is 12.8 Å². The van der Waals surface area contributed by atoms with Crippen molar-refractivity contribution in [3.63, 3.8) is 0 Å². The minimum Gasteiger partial charge on any atom is -0.305 e. The zero-order valence-electron chi connectivity index (χ0n) is 14.3. The summed E-state index contributed by atoms with van der Waals surface area (Å²) < 4.78 is 0. The summed E-state index contributed by atoms with van der Waals surface area (Å²) >= 11 is 0. The Hall–Kier alpha value is -0.700. The van der Waals surface area contributed by atoms with E-state index in [2.05, 4.69) is 46.9 Å². The molecule has 0 spiro atoms. The van der Waals surface area contributed by atoms with Crippen molar-refractivity contribution >= 4 is 11.6 Å². The highest BCUT2D eigenvalue weighted by molar-refractivity contribution is 5.89. The Morgan fingerprint density at radius 3 is 1.75 bits per heavy atom. The number of hydrogen-bond donors (Lipinski definition) is 1. The van der Waals surface area contributed by atoms with Gasteiger partial charge in [0.2, 0.25) is 0 Å². The summed E-state index contributed by atoms with van der Waals surface area (Å²) in [4.78, 5) is 24.2. The Bertz CT molecular complexity index is 298. The fourth-order valence-electron chi connectivity index (χ4n) is 2.51. The summed E-state index contributed by atoms with van der Waals surface area (Å²) in [7, 11) is 0. The van der Waals surface area contributed by atoms with E-state index in [1.54, 1.807) is 6.92 Å². The molecule has 0 saturated carbocycles. The first kappa shape index (κ1) is 19.3. The number of rotatable bonds is 10. The predicted octanol–water partition coefficient (Wildman–Crippen LogP) is 3.61. The highest BCUT2D eigenvalue weighted by Gasteiger charge is 2.26. The lowest BCUT2D eigenvalue weighted by molar-refractivity contribution is -0.128. The van der Waals surface area contributed by atoms with Gasteiger partial charge in [-0.3, -0.25) is 9.59 Å². The number of Topliss-reactive ketones (excluding diaryl/α,β-unsaturated/α-hetero) is 2. The van der Waals surface area contributed by atoms with E-state index in [0.29, 0.717) is 18.3 Å². The van der Waals surface area contributed by atoms with Crippen molar-refractivity contribution in [2.45, 2.75) is 79.8 Å². The standard InChI is InChI=1S/C17H33NO2/c1-11(2)8-15(14(7)19)10-17(20)16(9-12(3)4)18-13(5)6/h11-13,15-16,18H,8-10H2,1-7H3. The number of ketones is 2. The first-order valence-corrected chi connectivity index (χ1v) is 7.92. The zero-order chi connectivity index (χ0) is 15.9. The second-order valence-electron chi connectivity index (χ2n) is 7.11. The third kappa shape index (κ3) is 8.47. The normalized spacial score (nSPS) is 14.9. The Morgan fingerprint density at radius 2 is 1.40 bits per heavy atom. The van der Waals surface area contributed by atoms with Gasteiger partial charge in [0.05, 0.1) is 6.04 Å². The smallest absolute Gasteiger partial charge is 0.150 e. The van der Waals surface area contributed by atoms with Gasteiger partial charge in [-0.1, -0.05) is 41.5 Å². The van der Waals surface area contributed by atoms with Crippen LogP contribution in [0, 0.1) is 17.8 Å². The van der Waals surface area contributed by atoms with Crippen molar-refractivity contribution in [3.8, 4) is 0 Å². The van der Waals surface area contributed by atoms with Crippen LogP contribution in [0.4, 0.5) is 0 Å². The van der Waals surface area contributed by atoms with Crippen LogP contribution < -0.4 is 5.32 Å². The highest BCUT2D eigenvalue weighted by atomic mass is 16.1. The molecule has 3 heteroatoms. The van der Waals surface area contributed by atoms with Crippen LogP contribution in [0.1, 0.15) is 67.7 Å². The first-order valence-electron chi connectivity index (χ1n) is 7.92. The maximum Gasteiger partial charge on any atom is 0.150 e. The molecule has 1 N–H and O–H groups in total. The van der Waals surface area contributed by atoms with E-state index in [9.17, 15) is 9.59 Å². The highest BCUT2D eigenvalue weighted by Crippen LogP contribution is 2.19. The Labute approximate surface area is 124 Å². The quantitative estimate of drug-likeness (QED) is 0.666. The van der Waals surface area contributed by atoms with Gasteiger partial charge in [0.15, 0.2) is 0 Å². The molecule has 0 amide bonds. The van der Waals surface area contributed by atoms with Crippen LogP contribution in [-0.4, -0.2) is 23.7 Å². The van der Waals surface area contributed by atoms with Gasteiger partial charge in [0.25, 0.3) is 0 Å². The number of nitrogens with one attached hydrogen (secondary N) is 1. The molecular formula is C17H33NO2. The minimum atomic E-state index is -0.121. The maximum atomic E-state index is 12.5. The molecule has 0 aromatic rings. The molecule has 0 aromatic carbocycles. The predicted molar refractivity (Wildman–Crippen MR) is 84.8 cm³/mol. The molecule has 0 aromatic heterocycles. The van der Waals surface area contributed by atoms with Crippen molar-refractivity contribution in [2.75, 3.05) is 0 Å². The Kier molecular flexibility index (Phi) is 8.95. The van der Waals surface area contributed by atoms with Gasteiger partial charge in [0, 0.05) is 18.4 Å². The van der Waals surface area contributed by atoms with Crippen LogP contribution in [0.15, 0.2) is 0 Å². The first-order chi connectivity index (χ1) is 9.13. The lowest BCUT2D eigenvalue weighted by Gasteiger charge is -2.24. The Morgan fingerprint density at radius 1 is 0.900 bits per heavy atom. The summed E-state index contributed by atoms with van der Waals surface area (Å²) in [5.74, 6) is 1.12. The minimum absolute atomic E-state index is 0.119. The molecule has 0 aliphatic carbocycles. The van der Waals surface area contributed by atoms with E-state index in [4.69, 9.17) is 0 Å². The molecule has 118 valence electrons. The topological polar surface area (TPSA) is 46.2 Å². The lowest BCUT2D eigenvalue weighted by Crippen LogP contribution is -2.42. The van der Waals surface area contributed by atoms with Gasteiger partial charge in [-0.25, -0.2) is 0 Å². The van der Waals surface area contributed by atoms with Gasteiger partial charge in [-0.05, 0) is 31.6 Å². The second kappa shape index (κ2) is 9.28. The van der Waals surface area contributed by atoms with Crippen molar-refractivity contribution < 1.29 is 9.59 Å². The largest absolute Gasteiger partial charge is 0.305 e. The average Bonchev–Trinajstić information content (AvgIpc) is 2.24. The number of hydrogen-bond acceptors (Lipinski definition) is 3. The molecule has 0 bridgehead atoms. The second-order valence-corrected chi connectivity index (χ2v) is 7.11. The molecule has 0 heterocycles. The molecule has 0 aliphatic rings. The zero-order valence-corrected chi connectivity index (χ0v) is 14.3. The van der Waals surface area contributed by atoms with Gasteiger partial charge in [-0.2, -0.15) is 0 Å². The average molecular weight is 283 g/mol. The van der Waals surface area contributed by atoms with Crippen molar-refractivity contribution in [1.29, 1.82) is 0 Å². The molecule has 0 aliphatic heterocycles. The summed E-state index contributed by atoms with van der Waals surface area (Å²) in [5, 5.41) is 3.35. The summed E-state index contributed by atoms with van der Waals surface area (Å²) in [6.45, 7) is 14.1. The van der Waals surface area contributed by atoms with E-state index in [-0.39, 0.29) is 29.6 Å². The monoisotopic (exact) mass is 283 g/mol. The molecule has 2 unspecified atom stereocenters. The molecule has 2 atom stereocenters. The van der Waals surface area contributed by atoms with Crippen molar-refractivity contribution in [3.05, 3.63) is 0 Å². The third-order valence-electron chi connectivity index (χ3n) is 3.41. The van der Waals surface area contributed by atoms with Crippen molar-refractivity contribution in [2.24, 2.45) is 17.8 Å². The fraction of sp³-hybridized carbons (Fsp3) is 0.882. The van der Waals surface area contributed by atoms with E-state index in [1.807, 2.05) is 0 Å². The van der Waals surface area contributed by atoms with Gasteiger partial charge in [-0.15, -0.1) is 0 Å². The van der Waals surface area contributed by atoms with E-state index < -0.39 is 0 Å². The lowest BCUT2D eigenvalue weighted by atomic mass is 9.86. The van der Waals surface area contributed by atoms with Crippen LogP contribution in [0.25, 0.3) is 0 Å². The summed E-state index contributed by atoms with van der Waals surface area (Å²) in [6.07, 6.45) is 2.02. The van der Waals surface area contributed by atoms with Gasteiger partial charge < -0.3 is 5.32 Å². The van der Waals surface area contributed by atoms with Crippen LogP contribution >= 0.6 is 0 Å². The SMILES string of the molecule is CC(=O)C(CC(=O)C(CC(C)C)NC(C)C)CC(C)C. The van der Waals surface area contributed by atoms with Crippen LogP contribution in [0.2, 0.25) is 0 Å². The molecule has 20 heavy (non-hydrogen) atoms. The molecule has 3 nitrogen and oxygen atoms in total. The van der Waals surface area contributed by atoms with Gasteiger partial charge in [0.1, 0.15) is 11.6 Å². The van der Waals surface area contributed by atoms with Crippen molar-refractivity contribution in [1.82, 2.24) is 5.32 Å². The van der Waals surface area contributed by atoms with E-state index >= 15 is 0 Å². The molecule has 0 rings (SSSR count). The molecule has 0 saturated heterocycles. The van der Waals surface area contributed by atoms with Gasteiger partial charge >= 0.3 is 0 Å². The van der Waals surface area contributed by atoms with E-state index in [1.165, 1.54) is 0 Å². The van der Waals surface area contributed by atoms with Crippen LogP contribution in [0.3, 0.4) is 0 Å². The molecular weight excluding hydrogens is 250 g/mol. The fourth-order valence-corrected chi connectivity index (χ4v) is 2.51. The maximum absolute atomic E-state index is 12.5. The number of carbonyl (C=O) groups excluding carboxylic acids is 2. The van der Waals surface area contributed by atoms with Crippen LogP contribution in [0.5, 0.6) is 0 Å². The number of carbonyl (C=O) groups is 2. The third-order valence-corrected chi connectivity index (χ3v) is 3.41.